The number of H-pyrrole nitrogens is 1. The van der Waals surface area contributed by atoms with Gasteiger partial charge in [0.15, 0.2) is 0 Å². The fourth-order valence-corrected chi connectivity index (χ4v) is 4.78. The van der Waals surface area contributed by atoms with Crippen LogP contribution in [0.4, 0.5) is 5.69 Å². The number of fused-ring (bicyclic) bond motifs is 1. The van der Waals surface area contributed by atoms with Gasteiger partial charge in [0.2, 0.25) is 0 Å². The summed E-state index contributed by atoms with van der Waals surface area (Å²) in [6.07, 6.45) is 2.52. The van der Waals surface area contributed by atoms with E-state index in [-0.39, 0.29) is 11.5 Å². The molecule has 1 fully saturated rings. The van der Waals surface area contributed by atoms with Crippen molar-refractivity contribution in [2.24, 2.45) is 0 Å². The maximum atomic E-state index is 12.0. The molecule has 0 bridgehead atoms. The lowest BCUT2D eigenvalue weighted by atomic mass is 10.2. The molecule has 3 aromatic heterocycles. The Morgan fingerprint density at radius 3 is 2.69 bits per heavy atom. The van der Waals surface area contributed by atoms with Crippen LogP contribution in [-0.4, -0.2) is 54.0 Å². The van der Waals surface area contributed by atoms with Crippen molar-refractivity contribution < 1.29 is 4.79 Å². The van der Waals surface area contributed by atoms with Crippen LogP contribution in [0, 0.1) is 0 Å². The van der Waals surface area contributed by atoms with Crippen molar-refractivity contribution in [1.29, 1.82) is 0 Å². The Kier molecular flexibility index (Phi) is 5.64. The molecule has 29 heavy (non-hydrogen) atoms. The van der Waals surface area contributed by atoms with Gasteiger partial charge < -0.3 is 15.2 Å². The van der Waals surface area contributed by atoms with Crippen LogP contribution in [0.15, 0.2) is 35.3 Å². The standard InChI is InChI=1S/C21H25N5O2S/c1-3-14-10-19-18(24-20(14)27)11-16(29-19)13-25-6-8-26(9-7-25)15-4-5-17(23-12-15)21(28)22-2/h4-5,10-12H,3,6-9,13H2,1-2H3,(H,22,28)(H,24,27). The fourth-order valence-electron chi connectivity index (χ4n) is 3.65. The predicted octanol–water partition coefficient (Wildman–Crippen LogP) is 2.23. The number of amides is 1. The lowest BCUT2D eigenvalue weighted by Gasteiger charge is -2.35. The van der Waals surface area contributed by atoms with E-state index >= 15 is 0 Å². The molecule has 0 spiro atoms. The van der Waals surface area contributed by atoms with Crippen molar-refractivity contribution in [2.75, 3.05) is 38.1 Å². The third-order valence-electron chi connectivity index (χ3n) is 5.36. The number of carbonyl (C=O) groups excluding carboxylic acids is 1. The molecule has 1 aliphatic heterocycles. The number of thiophene rings is 1. The molecule has 1 amide bonds. The minimum Gasteiger partial charge on any atom is -0.368 e. The number of rotatable bonds is 5. The van der Waals surface area contributed by atoms with Gasteiger partial charge >= 0.3 is 0 Å². The molecule has 0 radical (unpaired) electrons. The molecule has 152 valence electrons. The zero-order chi connectivity index (χ0) is 20.4. The molecule has 3 aromatic rings. The number of hydrogen-bond acceptors (Lipinski definition) is 6. The summed E-state index contributed by atoms with van der Waals surface area (Å²) in [6, 6.07) is 7.86. The number of hydrogen-bond donors (Lipinski definition) is 2. The number of aryl methyl sites for hydroxylation is 1. The summed E-state index contributed by atoms with van der Waals surface area (Å²) in [5.41, 5.74) is 3.28. The zero-order valence-corrected chi connectivity index (χ0v) is 17.5. The maximum Gasteiger partial charge on any atom is 0.269 e. The number of nitrogens with one attached hydrogen (secondary N) is 2. The van der Waals surface area contributed by atoms with Crippen LogP contribution in [0.2, 0.25) is 0 Å². The van der Waals surface area contributed by atoms with Gasteiger partial charge in [0.05, 0.1) is 22.1 Å². The van der Waals surface area contributed by atoms with Crippen LogP contribution in [0.1, 0.15) is 27.9 Å². The number of anilines is 1. The highest BCUT2D eigenvalue weighted by atomic mass is 32.1. The van der Waals surface area contributed by atoms with E-state index in [1.165, 1.54) is 4.88 Å². The molecule has 0 unspecified atom stereocenters. The molecule has 1 aliphatic rings. The minimum atomic E-state index is -0.169. The Morgan fingerprint density at radius 1 is 1.24 bits per heavy atom. The number of nitrogens with zero attached hydrogens (tertiary/aromatic N) is 3. The Labute approximate surface area is 173 Å². The van der Waals surface area contributed by atoms with Gasteiger partial charge in [0.25, 0.3) is 11.5 Å². The van der Waals surface area contributed by atoms with Crippen LogP contribution in [0.5, 0.6) is 0 Å². The molecular formula is C21H25N5O2S. The molecular weight excluding hydrogens is 386 g/mol. The van der Waals surface area contributed by atoms with Crippen molar-refractivity contribution >= 4 is 33.1 Å². The molecule has 4 rings (SSSR count). The number of pyridine rings is 2. The first-order valence-electron chi connectivity index (χ1n) is 9.87. The topological polar surface area (TPSA) is 81.3 Å². The van der Waals surface area contributed by atoms with Crippen LogP contribution in [0.25, 0.3) is 10.2 Å². The normalized spacial score (nSPS) is 15.0. The number of aromatic amines is 1. The van der Waals surface area contributed by atoms with Gasteiger partial charge in [0, 0.05) is 50.2 Å². The second-order valence-corrected chi connectivity index (χ2v) is 8.38. The van der Waals surface area contributed by atoms with E-state index < -0.39 is 0 Å². The van der Waals surface area contributed by atoms with Crippen LogP contribution >= 0.6 is 11.3 Å². The van der Waals surface area contributed by atoms with E-state index in [0.29, 0.717) is 5.69 Å². The van der Waals surface area contributed by atoms with Crippen LogP contribution in [-0.2, 0) is 13.0 Å². The monoisotopic (exact) mass is 411 g/mol. The molecule has 0 saturated carbocycles. The smallest absolute Gasteiger partial charge is 0.269 e. The molecule has 0 aromatic carbocycles. The van der Waals surface area contributed by atoms with Gasteiger partial charge in [-0.05, 0) is 30.7 Å². The summed E-state index contributed by atoms with van der Waals surface area (Å²) in [5.74, 6) is -0.169. The Bertz CT molecular complexity index is 1060. The van der Waals surface area contributed by atoms with E-state index in [2.05, 4.69) is 31.2 Å². The minimum absolute atomic E-state index is 0.0222. The van der Waals surface area contributed by atoms with Gasteiger partial charge in [0.1, 0.15) is 5.69 Å². The maximum absolute atomic E-state index is 12.0. The van der Waals surface area contributed by atoms with Crippen LogP contribution in [0.3, 0.4) is 0 Å². The van der Waals surface area contributed by atoms with Gasteiger partial charge in [-0.15, -0.1) is 11.3 Å². The second kappa shape index (κ2) is 8.34. The average molecular weight is 412 g/mol. The third kappa shape index (κ3) is 4.18. The SMILES string of the molecule is CCc1cc2sc(CN3CCN(c4ccc(C(=O)NC)nc4)CC3)cc2[nH]c1=O. The lowest BCUT2D eigenvalue weighted by Crippen LogP contribution is -2.45. The molecule has 1 saturated heterocycles. The van der Waals surface area contributed by atoms with Crippen molar-refractivity contribution in [3.63, 3.8) is 0 Å². The van der Waals surface area contributed by atoms with Crippen molar-refractivity contribution in [3.05, 3.63) is 57.0 Å². The second-order valence-electron chi connectivity index (χ2n) is 7.21. The van der Waals surface area contributed by atoms with E-state index in [9.17, 15) is 9.59 Å². The highest BCUT2D eigenvalue weighted by molar-refractivity contribution is 7.19. The first-order valence-corrected chi connectivity index (χ1v) is 10.7. The summed E-state index contributed by atoms with van der Waals surface area (Å²) in [6.45, 7) is 6.66. The first-order chi connectivity index (χ1) is 14.1. The molecule has 0 atom stereocenters. The largest absolute Gasteiger partial charge is 0.368 e. The number of aromatic nitrogens is 2. The highest BCUT2D eigenvalue weighted by Crippen LogP contribution is 2.26. The fraction of sp³-hybridized carbons (Fsp3) is 0.381. The van der Waals surface area contributed by atoms with E-state index in [4.69, 9.17) is 0 Å². The van der Waals surface area contributed by atoms with Gasteiger partial charge in [-0.1, -0.05) is 6.92 Å². The van der Waals surface area contributed by atoms with Crippen molar-refractivity contribution in [1.82, 2.24) is 20.2 Å². The Hall–Kier alpha value is -2.71. The molecule has 4 heterocycles. The highest BCUT2D eigenvalue weighted by Gasteiger charge is 2.19. The van der Waals surface area contributed by atoms with Crippen molar-refractivity contribution in [3.8, 4) is 0 Å². The van der Waals surface area contributed by atoms with Crippen molar-refractivity contribution in [2.45, 2.75) is 19.9 Å². The molecule has 7 nitrogen and oxygen atoms in total. The summed E-state index contributed by atoms with van der Waals surface area (Å²) < 4.78 is 1.15. The number of carbonyl (C=O) groups is 1. The summed E-state index contributed by atoms with van der Waals surface area (Å²) in [7, 11) is 1.61. The van der Waals surface area contributed by atoms with E-state index in [1.807, 2.05) is 19.1 Å². The lowest BCUT2D eigenvalue weighted by molar-refractivity contribution is 0.0958. The van der Waals surface area contributed by atoms with Gasteiger partial charge in [-0.2, -0.15) is 0 Å². The average Bonchev–Trinajstić information content (AvgIpc) is 3.14. The zero-order valence-electron chi connectivity index (χ0n) is 16.7. The molecule has 0 aliphatic carbocycles. The van der Waals surface area contributed by atoms with Crippen LogP contribution < -0.4 is 15.8 Å². The Balaban J connectivity index is 1.38. The predicted molar refractivity (Wildman–Crippen MR) is 117 cm³/mol. The summed E-state index contributed by atoms with van der Waals surface area (Å²) in [4.78, 5) is 36.9. The molecule has 8 heteroatoms. The first kappa shape index (κ1) is 19.6. The number of piperazine rings is 1. The third-order valence-corrected chi connectivity index (χ3v) is 6.43. The Morgan fingerprint density at radius 2 is 2.03 bits per heavy atom. The van der Waals surface area contributed by atoms with E-state index in [1.54, 1.807) is 30.6 Å². The molecule has 2 N–H and O–H groups in total. The summed E-state index contributed by atoms with van der Waals surface area (Å²) >= 11 is 1.76. The van der Waals surface area contributed by atoms with Gasteiger partial charge in [-0.25, -0.2) is 4.98 Å². The van der Waals surface area contributed by atoms with Gasteiger partial charge in [-0.3, -0.25) is 14.5 Å². The summed E-state index contributed by atoms with van der Waals surface area (Å²) in [5, 5.41) is 2.59. The van der Waals surface area contributed by atoms with E-state index in [0.717, 1.165) is 60.6 Å². The quantitative estimate of drug-likeness (QED) is 0.673.